The first-order valence-electron chi connectivity index (χ1n) is 5.02. The van der Waals surface area contributed by atoms with Crippen LogP contribution >= 0.6 is 0 Å². The van der Waals surface area contributed by atoms with Crippen LogP contribution in [0, 0.1) is 0 Å². The lowest BCUT2D eigenvalue weighted by molar-refractivity contribution is -0.138. The van der Waals surface area contributed by atoms with Gasteiger partial charge in [-0.1, -0.05) is 30.3 Å². The van der Waals surface area contributed by atoms with Crippen molar-refractivity contribution in [1.29, 1.82) is 0 Å². The van der Waals surface area contributed by atoms with E-state index in [4.69, 9.17) is 5.11 Å². The van der Waals surface area contributed by atoms with E-state index < -0.39 is 11.9 Å². The van der Waals surface area contributed by atoms with Gasteiger partial charge in [0.25, 0.3) is 0 Å². The zero-order valence-electron chi connectivity index (χ0n) is 8.63. The predicted octanol–water partition coefficient (Wildman–Crippen LogP) is 1.82. The van der Waals surface area contributed by atoms with E-state index in [1.54, 1.807) is 6.20 Å². The van der Waals surface area contributed by atoms with Crippen LogP contribution in [0.2, 0.25) is 0 Å². The molecule has 0 spiro atoms. The molecule has 0 aliphatic carbocycles. The summed E-state index contributed by atoms with van der Waals surface area (Å²) in [6, 6.07) is 9.57. The van der Waals surface area contributed by atoms with Gasteiger partial charge in [-0.25, -0.2) is 4.98 Å². The number of imidazole rings is 1. The topological polar surface area (TPSA) is 66.0 Å². The highest BCUT2D eigenvalue weighted by Gasteiger charge is 2.21. The number of benzene rings is 1. The summed E-state index contributed by atoms with van der Waals surface area (Å²) >= 11 is 0. The van der Waals surface area contributed by atoms with Gasteiger partial charge in [0.05, 0.1) is 6.33 Å². The zero-order valence-corrected chi connectivity index (χ0v) is 8.63. The number of carboxylic acids is 1. The van der Waals surface area contributed by atoms with E-state index in [1.807, 2.05) is 30.3 Å². The molecule has 0 fully saturated rings. The van der Waals surface area contributed by atoms with E-state index in [9.17, 15) is 4.79 Å². The van der Waals surface area contributed by atoms with Gasteiger partial charge in [0.2, 0.25) is 0 Å². The number of carbonyl (C=O) groups is 1. The monoisotopic (exact) mass is 216 g/mol. The average molecular weight is 216 g/mol. The maximum Gasteiger partial charge on any atom is 0.312 e. The van der Waals surface area contributed by atoms with E-state index in [2.05, 4.69) is 9.97 Å². The molecule has 1 heterocycles. The molecule has 16 heavy (non-hydrogen) atoms. The number of hydrogen-bond acceptors (Lipinski definition) is 2. The third-order valence-corrected chi connectivity index (χ3v) is 2.48. The van der Waals surface area contributed by atoms with Crippen LogP contribution in [0.3, 0.4) is 0 Å². The van der Waals surface area contributed by atoms with Crippen LogP contribution in [0.4, 0.5) is 0 Å². The van der Waals surface area contributed by atoms with Crippen LogP contribution in [-0.4, -0.2) is 21.0 Å². The van der Waals surface area contributed by atoms with E-state index in [1.165, 1.54) is 6.33 Å². The number of nitrogens with zero attached hydrogens (tertiary/aromatic N) is 1. The second kappa shape index (κ2) is 4.61. The lowest BCUT2D eigenvalue weighted by Gasteiger charge is -2.09. The van der Waals surface area contributed by atoms with Crippen molar-refractivity contribution in [3.8, 4) is 0 Å². The minimum absolute atomic E-state index is 0.471. The number of carboxylic acid groups (broad SMARTS) is 1. The molecule has 2 N–H and O–H groups in total. The first-order chi connectivity index (χ1) is 7.77. The first kappa shape index (κ1) is 10.4. The Labute approximate surface area is 93.0 Å². The Kier molecular flexibility index (Phi) is 3.00. The Balaban J connectivity index is 2.19. The van der Waals surface area contributed by atoms with Crippen molar-refractivity contribution in [2.75, 3.05) is 0 Å². The number of nitrogens with one attached hydrogen (secondary N) is 1. The zero-order chi connectivity index (χ0) is 11.4. The molecule has 0 radical (unpaired) electrons. The molecule has 0 aliphatic rings. The number of aromatic nitrogens is 2. The normalized spacial score (nSPS) is 12.2. The second-order valence-electron chi connectivity index (χ2n) is 3.59. The van der Waals surface area contributed by atoms with Crippen molar-refractivity contribution in [3.63, 3.8) is 0 Å². The van der Waals surface area contributed by atoms with Crippen LogP contribution in [0.1, 0.15) is 17.2 Å². The summed E-state index contributed by atoms with van der Waals surface area (Å²) in [6.45, 7) is 0. The van der Waals surface area contributed by atoms with Crippen LogP contribution in [0.5, 0.6) is 0 Å². The Bertz CT molecular complexity index is 451. The maximum absolute atomic E-state index is 11.2. The lowest BCUT2D eigenvalue weighted by atomic mass is 9.97. The smallest absolute Gasteiger partial charge is 0.312 e. The minimum Gasteiger partial charge on any atom is -0.481 e. The highest BCUT2D eigenvalue weighted by molar-refractivity contribution is 5.75. The summed E-state index contributed by atoms with van der Waals surface area (Å²) in [7, 11) is 0. The van der Waals surface area contributed by atoms with Crippen LogP contribution in [0.25, 0.3) is 0 Å². The van der Waals surface area contributed by atoms with Crippen molar-refractivity contribution in [2.45, 2.75) is 12.3 Å². The first-order valence-corrected chi connectivity index (χ1v) is 5.02. The molecular weight excluding hydrogens is 204 g/mol. The molecule has 1 aromatic carbocycles. The van der Waals surface area contributed by atoms with E-state index in [0.717, 1.165) is 5.56 Å². The van der Waals surface area contributed by atoms with Gasteiger partial charge in [-0.3, -0.25) is 4.79 Å². The number of aliphatic carboxylic acids is 1. The molecule has 1 aromatic heterocycles. The van der Waals surface area contributed by atoms with E-state index >= 15 is 0 Å². The molecule has 0 saturated heterocycles. The van der Waals surface area contributed by atoms with Gasteiger partial charge >= 0.3 is 5.97 Å². The lowest BCUT2D eigenvalue weighted by Crippen LogP contribution is -2.14. The Hall–Kier alpha value is -2.10. The number of hydrogen-bond donors (Lipinski definition) is 2. The van der Waals surface area contributed by atoms with Gasteiger partial charge < -0.3 is 10.1 Å². The van der Waals surface area contributed by atoms with Gasteiger partial charge in [-0.05, 0) is 12.0 Å². The Morgan fingerprint density at radius 2 is 2.12 bits per heavy atom. The third kappa shape index (κ3) is 2.28. The van der Waals surface area contributed by atoms with E-state index in [-0.39, 0.29) is 0 Å². The number of rotatable bonds is 4. The fraction of sp³-hybridized carbons (Fsp3) is 0.167. The largest absolute Gasteiger partial charge is 0.481 e. The molecule has 4 nitrogen and oxygen atoms in total. The summed E-state index contributed by atoms with van der Waals surface area (Å²) in [4.78, 5) is 17.8. The Morgan fingerprint density at radius 1 is 1.38 bits per heavy atom. The fourth-order valence-corrected chi connectivity index (χ4v) is 1.64. The van der Waals surface area contributed by atoms with Gasteiger partial charge in [-0.15, -0.1) is 0 Å². The summed E-state index contributed by atoms with van der Waals surface area (Å²) < 4.78 is 0. The van der Waals surface area contributed by atoms with Crippen molar-refractivity contribution in [3.05, 3.63) is 54.1 Å². The van der Waals surface area contributed by atoms with E-state index in [0.29, 0.717) is 12.1 Å². The molecular formula is C12H12N2O2. The average Bonchev–Trinajstić information content (AvgIpc) is 2.80. The molecule has 2 rings (SSSR count). The van der Waals surface area contributed by atoms with Crippen molar-refractivity contribution < 1.29 is 9.90 Å². The number of aromatic amines is 1. The van der Waals surface area contributed by atoms with Gasteiger partial charge in [-0.2, -0.15) is 0 Å². The number of H-pyrrole nitrogens is 1. The summed E-state index contributed by atoms with van der Waals surface area (Å²) in [6.07, 6.45) is 3.52. The molecule has 0 saturated carbocycles. The SMILES string of the molecule is O=C(O)[C@H](Cc1ccccc1)c1cnc[nH]1. The molecule has 2 aromatic rings. The molecule has 0 bridgehead atoms. The third-order valence-electron chi connectivity index (χ3n) is 2.48. The maximum atomic E-state index is 11.2. The van der Waals surface area contributed by atoms with Gasteiger partial charge in [0.1, 0.15) is 5.92 Å². The van der Waals surface area contributed by atoms with Gasteiger partial charge in [0.15, 0.2) is 0 Å². The summed E-state index contributed by atoms with van der Waals surface area (Å²) in [5, 5.41) is 9.16. The highest BCUT2D eigenvalue weighted by Crippen LogP contribution is 2.18. The minimum atomic E-state index is -0.840. The van der Waals surface area contributed by atoms with Crippen LogP contribution in [0.15, 0.2) is 42.9 Å². The molecule has 1 atom stereocenters. The van der Waals surface area contributed by atoms with Crippen LogP contribution < -0.4 is 0 Å². The predicted molar refractivity (Wildman–Crippen MR) is 59.1 cm³/mol. The highest BCUT2D eigenvalue weighted by atomic mass is 16.4. The quantitative estimate of drug-likeness (QED) is 0.819. The second-order valence-corrected chi connectivity index (χ2v) is 3.59. The molecule has 0 amide bonds. The fourth-order valence-electron chi connectivity index (χ4n) is 1.64. The molecule has 4 heteroatoms. The Morgan fingerprint density at radius 3 is 2.69 bits per heavy atom. The van der Waals surface area contributed by atoms with Crippen molar-refractivity contribution >= 4 is 5.97 Å². The van der Waals surface area contributed by atoms with Crippen LogP contribution in [-0.2, 0) is 11.2 Å². The van der Waals surface area contributed by atoms with Crippen molar-refractivity contribution in [1.82, 2.24) is 9.97 Å². The standard InChI is InChI=1S/C12H12N2O2/c15-12(16)10(11-7-13-8-14-11)6-9-4-2-1-3-5-9/h1-5,7-8,10H,6H2,(H,13,14)(H,15,16)/t10-/m1/s1. The molecule has 0 aliphatic heterocycles. The summed E-state index contributed by atoms with van der Waals surface area (Å²) in [5.74, 6) is -1.40. The van der Waals surface area contributed by atoms with Gasteiger partial charge in [0, 0.05) is 11.9 Å². The molecule has 82 valence electrons. The summed E-state index contributed by atoms with van der Waals surface area (Å²) in [5.41, 5.74) is 1.64. The van der Waals surface area contributed by atoms with Crippen molar-refractivity contribution in [2.24, 2.45) is 0 Å². The molecule has 0 unspecified atom stereocenters.